The minimum Gasteiger partial charge on any atom is -0.359 e. The Balaban J connectivity index is 2.02. The Morgan fingerprint density at radius 2 is 1.88 bits per heavy atom. The normalized spacial score (nSPS) is 11.7. The van der Waals surface area contributed by atoms with E-state index >= 15 is 0 Å². The quantitative estimate of drug-likeness (QED) is 0.817. The Morgan fingerprint density at radius 1 is 1.21 bits per heavy atom. The van der Waals surface area contributed by atoms with Crippen molar-refractivity contribution < 1.29 is 13.2 Å². The van der Waals surface area contributed by atoms with Crippen molar-refractivity contribution in [3.8, 4) is 0 Å². The first-order valence-electron chi connectivity index (χ1n) is 7.72. The van der Waals surface area contributed by atoms with Gasteiger partial charge in [0.15, 0.2) is 9.84 Å². The molecule has 0 bridgehead atoms. The lowest BCUT2D eigenvalue weighted by Crippen LogP contribution is -2.19. The first-order valence-corrected chi connectivity index (χ1v) is 10.4. The molecule has 1 heterocycles. The highest BCUT2D eigenvalue weighted by Crippen LogP contribution is 2.18. The Morgan fingerprint density at radius 3 is 2.46 bits per heavy atom. The van der Waals surface area contributed by atoms with Crippen LogP contribution in [0.15, 0.2) is 29.6 Å². The van der Waals surface area contributed by atoms with Gasteiger partial charge in [0.2, 0.25) is 5.91 Å². The third kappa shape index (κ3) is 5.42. The number of sulfone groups is 1. The van der Waals surface area contributed by atoms with Crippen LogP contribution in [0.2, 0.25) is 0 Å². The molecule has 0 aliphatic heterocycles. The maximum atomic E-state index is 12.4. The fourth-order valence-corrected chi connectivity index (χ4v) is 4.55. The Kier molecular flexibility index (Phi) is 6.12. The van der Waals surface area contributed by atoms with E-state index in [2.05, 4.69) is 24.1 Å². The van der Waals surface area contributed by atoms with E-state index in [4.69, 9.17) is 0 Å². The number of carbonyl (C=O) groups excluding carboxylic acids is 1. The van der Waals surface area contributed by atoms with E-state index in [1.165, 1.54) is 16.9 Å². The third-order valence-corrected chi connectivity index (χ3v) is 6.00. The Hall–Kier alpha value is -1.73. The lowest BCUT2D eigenvalue weighted by atomic mass is 10.0. The molecule has 7 heteroatoms. The van der Waals surface area contributed by atoms with Gasteiger partial charge in [-0.25, -0.2) is 13.4 Å². The molecule has 2 aromatic rings. The van der Waals surface area contributed by atoms with Gasteiger partial charge in [-0.1, -0.05) is 38.1 Å². The van der Waals surface area contributed by atoms with Gasteiger partial charge in [0, 0.05) is 12.4 Å². The minimum atomic E-state index is -3.30. The van der Waals surface area contributed by atoms with Gasteiger partial charge in [-0.05, 0) is 17.0 Å². The van der Waals surface area contributed by atoms with Crippen LogP contribution in [0.4, 0.5) is 0 Å². The van der Waals surface area contributed by atoms with Gasteiger partial charge in [-0.2, -0.15) is 0 Å². The smallest absolute Gasteiger partial charge is 0.226 e. The van der Waals surface area contributed by atoms with Gasteiger partial charge in [-0.15, -0.1) is 11.3 Å². The molecule has 0 unspecified atom stereocenters. The Labute approximate surface area is 147 Å². The monoisotopic (exact) mass is 366 g/mol. The lowest BCUT2D eigenvalue weighted by Gasteiger charge is -2.07. The number of nitrogens with zero attached hydrogens (tertiary/aromatic N) is 1. The molecule has 5 nitrogen and oxygen atoms in total. The second-order valence-corrected chi connectivity index (χ2v) is 9.02. The standard InChI is InChI=1S/C17H22N2O3S2/c1-12(2)14-6-4-13(5-7-14)10-24(21,22)11-15-9-23-17(19-15)8-16(20)18-3/h4-7,9,12H,8,10-11H2,1-3H3,(H,18,20). The first-order chi connectivity index (χ1) is 11.3. The summed E-state index contributed by atoms with van der Waals surface area (Å²) < 4.78 is 24.7. The van der Waals surface area contributed by atoms with E-state index in [1.54, 1.807) is 12.4 Å². The number of thiazole rings is 1. The molecular weight excluding hydrogens is 344 g/mol. The van der Waals surface area contributed by atoms with Crippen molar-refractivity contribution in [1.29, 1.82) is 0 Å². The lowest BCUT2D eigenvalue weighted by molar-refractivity contribution is -0.119. The molecule has 1 amide bonds. The van der Waals surface area contributed by atoms with Crippen LogP contribution >= 0.6 is 11.3 Å². The average molecular weight is 367 g/mol. The van der Waals surface area contributed by atoms with Crippen LogP contribution in [-0.2, 0) is 32.6 Å². The summed E-state index contributed by atoms with van der Waals surface area (Å²) in [6.07, 6.45) is 0.178. The van der Waals surface area contributed by atoms with E-state index in [0.29, 0.717) is 16.6 Å². The maximum absolute atomic E-state index is 12.4. The molecule has 1 N–H and O–H groups in total. The van der Waals surface area contributed by atoms with Crippen LogP contribution in [-0.4, -0.2) is 26.4 Å². The van der Waals surface area contributed by atoms with E-state index in [-0.39, 0.29) is 23.8 Å². The van der Waals surface area contributed by atoms with E-state index in [9.17, 15) is 13.2 Å². The molecule has 2 rings (SSSR count). The average Bonchev–Trinajstić information content (AvgIpc) is 2.93. The van der Waals surface area contributed by atoms with Crippen molar-refractivity contribution >= 4 is 27.1 Å². The molecule has 0 fully saturated rings. The zero-order valence-electron chi connectivity index (χ0n) is 14.1. The molecule has 24 heavy (non-hydrogen) atoms. The van der Waals surface area contributed by atoms with E-state index < -0.39 is 9.84 Å². The highest BCUT2D eigenvalue weighted by molar-refractivity contribution is 7.89. The number of likely N-dealkylation sites (N-methyl/N-ethyl adjacent to an activating group) is 1. The predicted molar refractivity (Wildman–Crippen MR) is 96.7 cm³/mol. The number of amides is 1. The first kappa shape index (κ1) is 18.6. The summed E-state index contributed by atoms with van der Waals surface area (Å²) in [5.41, 5.74) is 2.47. The van der Waals surface area contributed by atoms with Crippen LogP contribution in [0, 0.1) is 0 Å². The summed E-state index contributed by atoms with van der Waals surface area (Å²) in [6.45, 7) is 4.20. The summed E-state index contributed by atoms with van der Waals surface area (Å²) in [5.74, 6) is 0.171. The fourth-order valence-electron chi connectivity index (χ4n) is 2.25. The van der Waals surface area contributed by atoms with Crippen molar-refractivity contribution in [3.05, 3.63) is 51.5 Å². The number of carbonyl (C=O) groups is 1. The largest absolute Gasteiger partial charge is 0.359 e. The summed E-state index contributed by atoms with van der Waals surface area (Å²) >= 11 is 1.31. The molecule has 0 aliphatic carbocycles. The molecule has 1 aromatic heterocycles. The molecule has 0 saturated carbocycles. The fraction of sp³-hybridized carbons (Fsp3) is 0.412. The van der Waals surface area contributed by atoms with E-state index in [0.717, 1.165) is 5.56 Å². The number of aromatic nitrogens is 1. The van der Waals surface area contributed by atoms with Gasteiger partial charge in [0.05, 0.1) is 23.6 Å². The number of nitrogens with one attached hydrogen (secondary N) is 1. The zero-order chi connectivity index (χ0) is 17.7. The van der Waals surface area contributed by atoms with Crippen molar-refractivity contribution in [1.82, 2.24) is 10.3 Å². The highest BCUT2D eigenvalue weighted by atomic mass is 32.2. The van der Waals surface area contributed by atoms with Crippen LogP contribution in [0.5, 0.6) is 0 Å². The van der Waals surface area contributed by atoms with Gasteiger partial charge < -0.3 is 5.32 Å². The van der Waals surface area contributed by atoms with Crippen molar-refractivity contribution in [2.24, 2.45) is 0 Å². The van der Waals surface area contributed by atoms with Crippen molar-refractivity contribution in [3.63, 3.8) is 0 Å². The SMILES string of the molecule is CNC(=O)Cc1nc(CS(=O)(=O)Cc2ccc(C(C)C)cc2)cs1. The van der Waals surface area contributed by atoms with Crippen LogP contribution in [0.25, 0.3) is 0 Å². The van der Waals surface area contributed by atoms with Gasteiger partial charge in [0.25, 0.3) is 0 Å². The van der Waals surface area contributed by atoms with Gasteiger partial charge >= 0.3 is 0 Å². The summed E-state index contributed by atoms with van der Waals surface area (Å²) in [6, 6.07) is 7.68. The molecule has 0 aliphatic rings. The highest BCUT2D eigenvalue weighted by Gasteiger charge is 2.16. The molecular formula is C17H22N2O3S2. The molecule has 0 radical (unpaired) electrons. The van der Waals surface area contributed by atoms with Crippen LogP contribution < -0.4 is 5.32 Å². The minimum absolute atomic E-state index is 0.00627. The number of hydrogen-bond acceptors (Lipinski definition) is 5. The van der Waals surface area contributed by atoms with Gasteiger partial charge in [-0.3, -0.25) is 4.79 Å². The van der Waals surface area contributed by atoms with Crippen LogP contribution in [0.3, 0.4) is 0 Å². The van der Waals surface area contributed by atoms with E-state index in [1.807, 2.05) is 24.3 Å². The predicted octanol–water partition coefficient (Wildman–Crippen LogP) is 2.67. The topological polar surface area (TPSA) is 76.1 Å². The van der Waals surface area contributed by atoms with Crippen LogP contribution in [0.1, 0.15) is 41.6 Å². The maximum Gasteiger partial charge on any atom is 0.226 e. The number of benzene rings is 1. The number of rotatable bonds is 7. The summed E-state index contributed by atoms with van der Waals surface area (Å²) in [4.78, 5) is 15.6. The molecule has 0 atom stereocenters. The molecule has 0 saturated heterocycles. The summed E-state index contributed by atoms with van der Waals surface area (Å²) in [7, 11) is -1.74. The molecule has 1 aromatic carbocycles. The van der Waals surface area contributed by atoms with Crippen molar-refractivity contribution in [2.45, 2.75) is 37.7 Å². The molecule has 0 spiro atoms. The van der Waals surface area contributed by atoms with Gasteiger partial charge in [0.1, 0.15) is 5.01 Å². The zero-order valence-corrected chi connectivity index (χ0v) is 15.7. The number of hydrogen-bond donors (Lipinski definition) is 1. The van der Waals surface area contributed by atoms with Crippen molar-refractivity contribution in [2.75, 3.05) is 7.05 Å². The third-order valence-electron chi connectivity index (χ3n) is 3.59. The summed E-state index contributed by atoms with van der Waals surface area (Å²) in [5, 5.41) is 4.86. The molecule has 130 valence electrons. The second kappa shape index (κ2) is 7.90. The Bertz CT molecular complexity index is 793. The second-order valence-electron chi connectivity index (χ2n) is 6.01.